The predicted octanol–water partition coefficient (Wildman–Crippen LogP) is 5.90. The zero-order chi connectivity index (χ0) is 24.5. The molecular weight excluding hydrogens is 482 g/mol. The van der Waals surface area contributed by atoms with Crippen LogP contribution in [0.4, 0.5) is 15.9 Å². The van der Waals surface area contributed by atoms with Crippen LogP contribution in [0.2, 0.25) is 10.0 Å². The van der Waals surface area contributed by atoms with Crippen molar-refractivity contribution in [2.24, 2.45) is 5.41 Å². The fourth-order valence-corrected chi connectivity index (χ4v) is 3.74. The Hall–Kier alpha value is -2.68. The third-order valence-electron chi connectivity index (χ3n) is 5.38. The lowest BCUT2D eigenvalue weighted by Crippen LogP contribution is -2.34. The van der Waals surface area contributed by atoms with Gasteiger partial charge < -0.3 is 20.1 Å². The molecule has 4 rings (SSSR count). The molecule has 0 aliphatic carbocycles. The molecule has 3 aromatic rings. The highest BCUT2D eigenvalue weighted by molar-refractivity contribution is 6.42. The molecule has 1 aliphatic rings. The second kappa shape index (κ2) is 9.90. The molecule has 34 heavy (non-hydrogen) atoms. The third kappa shape index (κ3) is 5.35. The number of fused-ring (bicyclic) bond motifs is 1. The third-order valence-corrected chi connectivity index (χ3v) is 6.17. The van der Waals surface area contributed by atoms with Crippen LogP contribution in [0.3, 0.4) is 0 Å². The van der Waals surface area contributed by atoms with Crippen LogP contribution in [0, 0.1) is 11.2 Å². The van der Waals surface area contributed by atoms with Crippen molar-refractivity contribution in [3.63, 3.8) is 0 Å². The summed E-state index contributed by atoms with van der Waals surface area (Å²) in [5, 5.41) is 6.74. The van der Waals surface area contributed by atoms with Gasteiger partial charge in [0, 0.05) is 11.5 Å². The van der Waals surface area contributed by atoms with Gasteiger partial charge in [-0.2, -0.15) is 0 Å². The fourth-order valence-electron chi connectivity index (χ4n) is 3.43. The number of hydrogen-bond acceptors (Lipinski definition) is 7. The summed E-state index contributed by atoms with van der Waals surface area (Å²) in [6.45, 7) is 7.00. The number of carbonyl (C=O) groups excluding carboxylic acids is 1. The first-order valence-corrected chi connectivity index (χ1v) is 11.7. The molecule has 2 N–H and O–H groups in total. The van der Waals surface area contributed by atoms with Crippen LogP contribution in [0.15, 0.2) is 30.6 Å². The number of aromatic nitrogens is 2. The van der Waals surface area contributed by atoms with E-state index in [9.17, 15) is 9.18 Å². The van der Waals surface area contributed by atoms with Crippen LogP contribution in [0.1, 0.15) is 33.6 Å². The molecule has 2 aromatic carbocycles. The predicted molar refractivity (Wildman–Crippen MR) is 131 cm³/mol. The van der Waals surface area contributed by atoms with Gasteiger partial charge in [-0.1, -0.05) is 23.2 Å². The Balaban J connectivity index is 1.76. The Morgan fingerprint density at radius 2 is 1.88 bits per heavy atom. The molecule has 0 spiro atoms. The van der Waals surface area contributed by atoms with Gasteiger partial charge in [-0.25, -0.2) is 14.4 Å². The summed E-state index contributed by atoms with van der Waals surface area (Å²) in [5.41, 5.74) is -0.101. The topological polar surface area (TPSA) is 85.4 Å². The van der Waals surface area contributed by atoms with Crippen molar-refractivity contribution >= 4 is 51.6 Å². The van der Waals surface area contributed by atoms with Crippen LogP contribution in [-0.4, -0.2) is 35.1 Å². The molecule has 0 unspecified atom stereocenters. The van der Waals surface area contributed by atoms with Gasteiger partial charge in [0.15, 0.2) is 17.3 Å². The second-order valence-corrected chi connectivity index (χ2v) is 9.88. The SMILES string of the molecule is CC(C)(C)C(=O)Oc1cc2ncnc(Nc3ccc(Cl)c(Cl)c3F)c2cc1OC1CCNCC1. The summed E-state index contributed by atoms with van der Waals surface area (Å²) >= 11 is 11.9. The van der Waals surface area contributed by atoms with Gasteiger partial charge in [0.2, 0.25) is 0 Å². The monoisotopic (exact) mass is 506 g/mol. The molecular formula is C24H25Cl2FN4O3. The number of benzene rings is 2. The Morgan fingerprint density at radius 1 is 1.15 bits per heavy atom. The van der Waals surface area contributed by atoms with Gasteiger partial charge in [0.1, 0.15) is 18.2 Å². The lowest BCUT2D eigenvalue weighted by Gasteiger charge is -2.25. The normalized spacial score (nSPS) is 14.8. The van der Waals surface area contributed by atoms with Crippen molar-refractivity contribution in [1.82, 2.24) is 15.3 Å². The zero-order valence-corrected chi connectivity index (χ0v) is 20.6. The minimum absolute atomic E-state index is 0.0423. The lowest BCUT2D eigenvalue weighted by atomic mass is 9.97. The first-order chi connectivity index (χ1) is 16.1. The van der Waals surface area contributed by atoms with Crippen molar-refractivity contribution in [3.05, 3.63) is 46.5 Å². The first-order valence-electron chi connectivity index (χ1n) is 10.9. The van der Waals surface area contributed by atoms with E-state index in [1.165, 1.54) is 18.5 Å². The summed E-state index contributed by atoms with van der Waals surface area (Å²) in [4.78, 5) is 21.2. The molecule has 1 fully saturated rings. The van der Waals surface area contributed by atoms with Gasteiger partial charge in [-0.15, -0.1) is 0 Å². The number of nitrogens with one attached hydrogen (secondary N) is 2. The molecule has 0 saturated carbocycles. The molecule has 0 amide bonds. The fraction of sp³-hybridized carbons (Fsp3) is 0.375. The van der Waals surface area contributed by atoms with Crippen LogP contribution in [0.5, 0.6) is 11.5 Å². The Bertz CT molecular complexity index is 1230. The van der Waals surface area contributed by atoms with Crippen molar-refractivity contribution < 1.29 is 18.7 Å². The number of anilines is 2. The zero-order valence-electron chi connectivity index (χ0n) is 19.0. The lowest BCUT2D eigenvalue weighted by molar-refractivity contribution is -0.143. The number of hydrogen-bond donors (Lipinski definition) is 2. The van der Waals surface area contributed by atoms with Gasteiger partial charge in [0.05, 0.1) is 26.7 Å². The van der Waals surface area contributed by atoms with Crippen LogP contribution in [0.25, 0.3) is 10.9 Å². The van der Waals surface area contributed by atoms with Crippen molar-refractivity contribution in [2.45, 2.75) is 39.7 Å². The summed E-state index contributed by atoms with van der Waals surface area (Å²) in [7, 11) is 0. The van der Waals surface area contributed by atoms with Gasteiger partial charge in [-0.3, -0.25) is 4.79 Å². The van der Waals surface area contributed by atoms with Crippen molar-refractivity contribution in [2.75, 3.05) is 18.4 Å². The Morgan fingerprint density at radius 3 is 2.59 bits per heavy atom. The maximum absolute atomic E-state index is 14.6. The van der Waals surface area contributed by atoms with Crippen LogP contribution in [-0.2, 0) is 4.79 Å². The molecule has 7 nitrogen and oxygen atoms in total. The number of piperidine rings is 1. The maximum atomic E-state index is 14.6. The average molecular weight is 507 g/mol. The molecule has 0 bridgehead atoms. The number of esters is 1. The molecule has 180 valence electrons. The van der Waals surface area contributed by atoms with Crippen LogP contribution < -0.4 is 20.1 Å². The Kier molecular flexibility index (Phi) is 7.12. The number of nitrogens with zero attached hydrogens (tertiary/aromatic N) is 2. The van der Waals surface area contributed by atoms with Crippen molar-refractivity contribution in [3.8, 4) is 11.5 Å². The van der Waals surface area contributed by atoms with E-state index in [1.54, 1.807) is 32.9 Å². The molecule has 0 radical (unpaired) electrons. The van der Waals surface area contributed by atoms with Gasteiger partial charge in [0.25, 0.3) is 0 Å². The molecule has 10 heteroatoms. The van der Waals surface area contributed by atoms with E-state index in [1.807, 2.05) is 0 Å². The molecule has 0 atom stereocenters. The number of ether oxygens (including phenoxy) is 2. The standard InChI is InChI=1S/C24H25Cl2FN4O3/c1-24(2,3)23(32)34-19-11-17-14(10-18(19)33-13-6-8-28-9-7-13)22(30-12-29-17)31-16-5-4-15(25)20(26)21(16)27/h4-5,10-13,28H,6-9H2,1-3H3,(H,29,30,31). The van der Waals surface area contributed by atoms with Crippen LogP contribution >= 0.6 is 23.2 Å². The number of rotatable bonds is 5. The number of halogens is 3. The largest absolute Gasteiger partial charge is 0.486 e. The molecule has 1 aliphatic heterocycles. The average Bonchev–Trinajstić information content (AvgIpc) is 2.80. The highest BCUT2D eigenvalue weighted by Gasteiger charge is 2.27. The van der Waals surface area contributed by atoms with Gasteiger partial charge in [-0.05, 0) is 64.9 Å². The summed E-state index contributed by atoms with van der Waals surface area (Å²) in [6.07, 6.45) is 2.92. The van der Waals surface area contributed by atoms with Gasteiger partial charge >= 0.3 is 5.97 Å². The first kappa shape index (κ1) is 24.4. The highest BCUT2D eigenvalue weighted by atomic mass is 35.5. The minimum Gasteiger partial charge on any atom is -0.486 e. The number of carbonyl (C=O) groups is 1. The van der Waals surface area contributed by atoms with E-state index in [0.717, 1.165) is 25.9 Å². The van der Waals surface area contributed by atoms with E-state index in [0.29, 0.717) is 22.5 Å². The molecule has 1 saturated heterocycles. The smallest absolute Gasteiger partial charge is 0.316 e. The maximum Gasteiger partial charge on any atom is 0.316 e. The quantitative estimate of drug-likeness (QED) is 0.253. The van der Waals surface area contributed by atoms with E-state index in [4.69, 9.17) is 32.7 Å². The van der Waals surface area contributed by atoms with E-state index >= 15 is 0 Å². The van der Waals surface area contributed by atoms with Crippen molar-refractivity contribution in [1.29, 1.82) is 0 Å². The second-order valence-electron chi connectivity index (χ2n) is 9.09. The van der Waals surface area contributed by atoms with E-state index < -0.39 is 17.2 Å². The molecule has 2 heterocycles. The summed E-state index contributed by atoms with van der Waals surface area (Å²) in [6, 6.07) is 6.31. The highest BCUT2D eigenvalue weighted by Crippen LogP contribution is 2.38. The Labute approximate surface area is 207 Å². The van der Waals surface area contributed by atoms with E-state index in [-0.39, 0.29) is 27.6 Å². The van der Waals surface area contributed by atoms with E-state index in [2.05, 4.69) is 20.6 Å². The summed E-state index contributed by atoms with van der Waals surface area (Å²) < 4.78 is 26.6. The minimum atomic E-state index is -0.704. The molecule has 1 aromatic heterocycles. The summed E-state index contributed by atoms with van der Waals surface area (Å²) in [5.74, 6) is -0.0814.